The Bertz CT molecular complexity index is 2270. The molecule has 1 heterocycles. The number of fused-ring (bicyclic) bond motifs is 8. The first kappa shape index (κ1) is 54.3. The lowest BCUT2D eigenvalue weighted by Gasteiger charge is -2.28. The number of ether oxygens (including phenoxy) is 6. The van der Waals surface area contributed by atoms with Crippen molar-refractivity contribution in [1.82, 2.24) is 0 Å². The van der Waals surface area contributed by atoms with E-state index in [9.17, 15) is 29.4 Å². The van der Waals surface area contributed by atoms with Gasteiger partial charge in [-0.15, -0.1) is 0 Å². The minimum atomic E-state index is -1.17. The highest BCUT2D eigenvalue weighted by molar-refractivity contribution is 8.01. The maximum Gasteiger partial charge on any atom is 0.344 e. The topological polar surface area (TPSA) is 164 Å². The molecule has 1 aliphatic heterocycles. The molecule has 368 valence electrons. The van der Waals surface area contributed by atoms with Crippen molar-refractivity contribution < 1.29 is 57.8 Å². The molecule has 8 bridgehead atoms. The normalized spacial score (nSPS) is 13.0. The van der Waals surface area contributed by atoms with Crippen LogP contribution in [-0.4, -0.2) is 73.7 Å². The molecule has 4 aromatic rings. The molecule has 0 aromatic heterocycles. The number of benzene rings is 4. The molecule has 0 saturated carbocycles. The molecule has 68 heavy (non-hydrogen) atoms. The summed E-state index contributed by atoms with van der Waals surface area (Å²) in [6.45, 7) is 26.7. The van der Waals surface area contributed by atoms with E-state index < -0.39 is 72.0 Å². The van der Waals surface area contributed by atoms with Crippen molar-refractivity contribution >= 4 is 70.9 Å². The first-order chi connectivity index (χ1) is 31.6. The lowest BCUT2D eigenvalue weighted by atomic mass is 9.87. The summed E-state index contributed by atoms with van der Waals surface area (Å²) in [5, 5.41) is 20.1. The number of carbonyl (C=O) groups is 4. The van der Waals surface area contributed by atoms with Crippen molar-refractivity contribution in [3.63, 3.8) is 0 Å². The largest absolute Gasteiger partial charge is 0.480 e. The zero-order valence-corrected chi connectivity index (χ0v) is 44.7. The fraction of sp³-hybridized carbons (Fsp3) is 0.462. The summed E-state index contributed by atoms with van der Waals surface area (Å²) >= 11 is 5.25. The molecule has 0 saturated heterocycles. The van der Waals surface area contributed by atoms with E-state index in [4.69, 9.17) is 28.4 Å². The van der Waals surface area contributed by atoms with E-state index in [1.807, 2.05) is 48.5 Å². The zero-order valence-electron chi connectivity index (χ0n) is 41.5. The standard InChI is InChI=1S/C52H64O12S4/c1-15-59-43(57)27-63-47-37-21-31(51(9,10)11)22-38(47)66-34-18-30(50(6,7)8)20-36(46(34)62-26-42(55)56)68-40-24-32(52(12,13)14)23-39(48(40)64-28-44(58)60-16-2)67-35-19-29(49(3,4)5)17-33(65-37)45(35)61-25-41(53)54/h17-24H,15-16,25-28H2,1-14H3,(H,53,54)(H,55,56). The van der Waals surface area contributed by atoms with Gasteiger partial charge in [0.05, 0.1) is 52.4 Å². The third-order valence-electron chi connectivity index (χ3n) is 10.4. The van der Waals surface area contributed by atoms with Gasteiger partial charge in [-0.05, 0) is 106 Å². The Labute approximate surface area is 417 Å². The molecular formula is C52H64O12S4. The summed E-state index contributed by atoms with van der Waals surface area (Å²) in [6.07, 6.45) is 0. The van der Waals surface area contributed by atoms with Gasteiger partial charge in [0.1, 0.15) is 23.0 Å². The van der Waals surface area contributed by atoms with E-state index in [2.05, 4.69) is 83.1 Å². The maximum atomic E-state index is 13.1. The van der Waals surface area contributed by atoms with E-state index in [0.29, 0.717) is 62.2 Å². The predicted molar refractivity (Wildman–Crippen MR) is 268 cm³/mol. The number of hydrogen-bond acceptors (Lipinski definition) is 14. The van der Waals surface area contributed by atoms with Gasteiger partial charge in [0.2, 0.25) is 0 Å². The van der Waals surface area contributed by atoms with Crippen LogP contribution in [0.4, 0.5) is 0 Å². The van der Waals surface area contributed by atoms with Crippen molar-refractivity contribution in [1.29, 1.82) is 0 Å². The number of carboxylic acids is 2. The second-order valence-electron chi connectivity index (χ2n) is 20.2. The Hall–Kier alpha value is -4.64. The molecule has 1 aliphatic rings. The second-order valence-corrected chi connectivity index (χ2v) is 24.5. The van der Waals surface area contributed by atoms with E-state index in [0.717, 1.165) is 22.3 Å². The maximum absolute atomic E-state index is 13.1. The minimum Gasteiger partial charge on any atom is -0.480 e. The quantitative estimate of drug-likeness (QED) is 0.101. The summed E-state index contributed by atoms with van der Waals surface area (Å²) in [6, 6.07) is 16.0. The van der Waals surface area contributed by atoms with E-state index >= 15 is 0 Å². The molecule has 16 heteroatoms. The van der Waals surface area contributed by atoms with Gasteiger partial charge in [-0.25, -0.2) is 19.2 Å². The molecule has 0 fully saturated rings. The van der Waals surface area contributed by atoms with Crippen LogP contribution in [0.1, 0.15) is 119 Å². The fourth-order valence-corrected chi connectivity index (χ4v) is 11.4. The molecule has 4 aromatic carbocycles. The summed E-state index contributed by atoms with van der Waals surface area (Å²) in [5.74, 6) is -2.20. The molecule has 0 amide bonds. The van der Waals surface area contributed by atoms with E-state index in [-0.39, 0.29) is 13.2 Å². The molecular weight excluding hydrogens is 945 g/mol. The first-order valence-electron chi connectivity index (χ1n) is 22.3. The smallest absolute Gasteiger partial charge is 0.344 e. The van der Waals surface area contributed by atoms with E-state index in [1.165, 1.54) is 47.0 Å². The van der Waals surface area contributed by atoms with Gasteiger partial charge in [-0.3, -0.25) is 0 Å². The Balaban J connectivity index is 2.04. The van der Waals surface area contributed by atoms with Crippen LogP contribution < -0.4 is 18.9 Å². The summed E-state index contributed by atoms with van der Waals surface area (Å²) in [4.78, 5) is 55.5. The van der Waals surface area contributed by atoms with Gasteiger partial charge in [0.25, 0.3) is 0 Å². The SMILES string of the molecule is CCOC(=O)COc1c2cc(C(C)(C)C)cc1Sc1cc(C(C)(C)C)cc(c1OCC(=O)O)Sc1cc(C(C)(C)C)cc(c1OCC(=O)OCC)Sc1cc(C(C)(C)C)cc(c1OCC(=O)O)S2. The molecule has 12 nitrogen and oxygen atoms in total. The van der Waals surface area contributed by atoms with E-state index in [1.54, 1.807) is 13.8 Å². The third-order valence-corrected chi connectivity index (χ3v) is 14.6. The van der Waals surface area contributed by atoms with Gasteiger partial charge in [-0.1, -0.05) is 130 Å². The summed E-state index contributed by atoms with van der Waals surface area (Å²) < 4.78 is 36.3. The number of carboxylic acid groups (broad SMARTS) is 2. The van der Waals surface area contributed by atoms with Crippen LogP contribution in [0.25, 0.3) is 0 Å². The molecule has 0 atom stereocenters. The summed E-state index contributed by atoms with van der Waals surface area (Å²) in [5.41, 5.74) is 2.04. The van der Waals surface area contributed by atoms with Crippen LogP contribution in [0.3, 0.4) is 0 Å². The van der Waals surface area contributed by atoms with Crippen LogP contribution in [-0.2, 0) is 50.3 Å². The molecule has 0 unspecified atom stereocenters. The van der Waals surface area contributed by atoms with Crippen LogP contribution in [0.2, 0.25) is 0 Å². The second kappa shape index (κ2) is 22.0. The van der Waals surface area contributed by atoms with Crippen LogP contribution in [0.15, 0.2) is 87.7 Å². The number of rotatable bonds is 14. The Morgan fingerprint density at radius 3 is 0.735 bits per heavy atom. The molecule has 0 spiro atoms. The van der Waals surface area contributed by atoms with Crippen molar-refractivity contribution in [3.8, 4) is 23.0 Å². The Kier molecular flexibility index (Phi) is 17.6. The van der Waals surface area contributed by atoms with Crippen molar-refractivity contribution in [2.75, 3.05) is 39.6 Å². The van der Waals surface area contributed by atoms with Gasteiger partial charge in [0, 0.05) is 0 Å². The highest BCUT2D eigenvalue weighted by Crippen LogP contribution is 2.56. The lowest BCUT2D eigenvalue weighted by molar-refractivity contribution is -0.146. The highest BCUT2D eigenvalue weighted by Gasteiger charge is 2.31. The van der Waals surface area contributed by atoms with Crippen molar-refractivity contribution in [2.45, 2.75) is 158 Å². The highest BCUT2D eigenvalue weighted by atomic mass is 32.2. The number of esters is 2. The van der Waals surface area contributed by atoms with Crippen molar-refractivity contribution in [2.24, 2.45) is 0 Å². The fourth-order valence-electron chi connectivity index (χ4n) is 6.62. The lowest BCUT2D eigenvalue weighted by Crippen LogP contribution is -2.17. The molecule has 2 N–H and O–H groups in total. The minimum absolute atomic E-state index is 0.151. The molecule has 0 radical (unpaired) electrons. The van der Waals surface area contributed by atoms with Crippen LogP contribution in [0, 0.1) is 0 Å². The first-order valence-corrected chi connectivity index (χ1v) is 25.6. The van der Waals surface area contributed by atoms with Crippen LogP contribution >= 0.6 is 47.0 Å². The van der Waals surface area contributed by atoms with Crippen LogP contribution in [0.5, 0.6) is 23.0 Å². The molecule has 0 aliphatic carbocycles. The predicted octanol–water partition coefficient (Wildman–Crippen LogP) is 12.6. The van der Waals surface area contributed by atoms with Gasteiger partial charge < -0.3 is 38.6 Å². The van der Waals surface area contributed by atoms with Crippen molar-refractivity contribution in [3.05, 3.63) is 70.8 Å². The average Bonchev–Trinajstić information content (AvgIpc) is 3.20. The Morgan fingerprint density at radius 2 is 0.574 bits per heavy atom. The van der Waals surface area contributed by atoms with Gasteiger partial charge >= 0.3 is 23.9 Å². The zero-order chi connectivity index (χ0) is 50.5. The number of hydrogen-bond donors (Lipinski definition) is 2. The average molecular weight is 1010 g/mol. The molecule has 5 rings (SSSR count). The van der Waals surface area contributed by atoms with Gasteiger partial charge in [0.15, 0.2) is 26.4 Å². The number of aliphatic carboxylic acids is 2. The number of carbonyl (C=O) groups excluding carboxylic acids is 2. The monoisotopic (exact) mass is 1010 g/mol. The third kappa shape index (κ3) is 14.2. The summed E-state index contributed by atoms with van der Waals surface area (Å²) in [7, 11) is 0. The van der Waals surface area contributed by atoms with Gasteiger partial charge in [-0.2, -0.15) is 0 Å². The Morgan fingerprint density at radius 1 is 0.382 bits per heavy atom.